The van der Waals surface area contributed by atoms with Crippen molar-refractivity contribution in [2.24, 2.45) is 0 Å². The number of benzene rings is 1. The zero-order valence-corrected chi connectivity index (χ0v) is 17.3. The molecule has 5 heteroatoms. The lowest BCUT2D eigenvalue weighted by molar-refractivity contribution is -0.954. The van der Waals surface area contributed by atoms with Crippen LogP contribution < -0.4 is 15.0 Å². The highest BCUT2D eigenvalue weighted by atomic mass is 16.5. The molecule has 1 fully saturated rings. The van der Waals surface area contributed by atoms with Gasteiger partial charge >= 0.3 is 0 Å². The number of quaternary nitrogens is 1. The minimum Gasteiger partial charge on any atom is -0.497 e. The van der Waals surface area contributed by atoms with Crippen LogP contribution in [-0.4, -0.2) is 25.1 Å². The quantitative estimate of drug-likeness (QED) is 0.733. The molecular weight excluding hydrogens is 352 g/mol. The van der Waals surface area contributed by atoms with Crippen LogP contribution in [0.4, 0.5) is 0 Å². The first kappa shape index (κ1) is 20.5. The molecule has 1 unspecified atom stereocenters. The largest absolute Gasteiger partial charge is 0.497 e. The van der Waals surface area contributed by atoms with Crippen molar-refractivity contribution in [1.82, 2.24) is 5.32 Å². The Kier molecular flexibility index (Phi) is 7.15. The summed E-state index contributed by atoms with van der Waals surface area (Å²) in [5, 5.41) is 2.89. The molecule has 0 aliphatic heterocycles. The van der Waals surface area contributed by atoms with E-state index in [1.54, 1.807) is 13.2 Å². The van der Waals surface area contributed by atoms with E-state index in [2.05, 4.69) is 17.4 Å². The second-order valence-electron chi connectivity index (χ2n) is 8.09. The van der Waals surface area contributed by atoms with E-state index in [1.807, 2.05) is 32.0 Å². The second-order valence-corrected chi connectivity index (χ2v) is 8.09. The molecule has 0 radical (unpaired) electrons. The van der Waals surface area contributed by atoms with E-state index in [9.17, 15) is 4.79 Å². The molecule has 1 saturated carbocycles. The molecule has 28 heavy (non-hydrogen) atoms. The summed E-state index contributed by atoms with van der Waals surface area (Å²) in [5.74, 6) is 2.02. The third kappa shape index (κ3) is 5.61. The fourth-order valence-corrected chi connectivity index (χ4v) is 4.06. The molecule has 3 rings (SSSR count). The molecule has 1 heterocycles. The van der Waals surface area contributed by atoms with E-state index in [-0.39, 0.29) is 11.9 Å². The van der Waals surface area contributed by atoms with Gasteiger partial charge in [-0.1, -0.05) is 18.6 Å². The highest BCUT2D eigenvalue weighted by Gasteiger charge is 2.26. The van der Waals surface area contributed by atoms with Crippen LogP contribution in [0.2, 0.25) is 0 Å². The predicted molar refractivity (Wildman–Crippen MR) is 110 cm³/mol. The van der Waals surface area contributed by atoms with Crippen molar-refractivity contribution in [3.63, 3.8) is 0 Å². The fourth-order valence-electron chi connectivity index (χ4n) is 4.06. The summed E-state index contributed by atoms with van der Waals surface area (Å²) in [6.07, 6.45) is 6.43. The van der Waals surface area contributed by atoms with Crippen LogP contribution in [0.1, 0.15) is 67.8 Å². The van der Waals surface area contributed by atoms with Crippen molar-refractivity contribution in [1.29, 1.82) is 0 Å². The lowest BCUT2D eigenvalue weighted by atomic mass is 9.93. The molecule has 1 aliphatic rings. The average molecular weight is 386 g/mol. The monoisotopic (exact) mass is 385 g/mol. The van der Waals surface area contributed by atoms with Gasteiger partial charge in [0, 0.05) is 11.6 Å². The molecular formula is C23H33N2O3+. The first-order valence-electron chi connectivity index (χ1n) is 10.4. The molecule has 1 atom stereocenters. The maximum Gasteiger partial charge on any atom is 0.287 e. The third-order valence-electron chi connectivity index (χ3n) is 5.45. The number of furan rings is 1. The van der Waals surface area contributed by atoms with E-state index in [0.717, 1.165) is 24.6 Å². The number of hydrogen-bond donors (Lipinski definition) is 2. The summed E-state index contributed by atoms with van der Waals surface area (Å²) >= 11 is 0. The van der Waals surface area contributed by atoms with Crippen LogP contribution >= 0.6 is 0 Å². The van der Waals surface area contributed by atoms with Gasteiger partial charge < -0.3 is 19.4 Å². The molecule has 0 saturated heterocycles. The molecule has 1 amide bonds. The summed E-state index contributed by atoms with van der Waals surface area (Å²) < 4.78 is 11.3. The van der Waals surface area contributed by atoms with Crippen LogP contribution in [0.15, 0.2) is 40.8 Å². The van der Waals surface area contributed by atoms with E-state index in [4.69, 9.17) is 9.15 Å². The topological polar surface area (TPSA) is 55.9 Å². The highest BCUT2D eigenvalue weighted by molar-refractivity contribution is 5.91. The molecule has 1 aromatic carbocycles. The average Bonchev–Trinajstić information content (AvgIpc) is 3.17. The van der Waals surface area contributed by atoms with Crippen LogP contribution in [0.25, 0.3) is 0 Å². The summed E-state index contributed by atoms with van der Waals surface area (Å²) in [6, 6.07) is 12.8. The molecule has 152 valence electrons. The lowest BCUT2D eigenvalue weighted by Gasteiger charge is -2.31. The Morgan fingerprint density at radius 1 is 1.18 bits per heavy atom. The molecule has 1 aliphatic carbocycles. The van der Waals surface area contributed by atoms with Crippen molar-refractivity contribution in [3.8, 4) is 5.75 Å². The highest BCUT2D eigenvalue weighted by Crippen LogP contribution is 2.18. The second kappa shape index (κ2) is 9.78. The predicted octanol–water partition coefficient (Wildman–Crippen LogP) is 3.34. The maximum absolute atomic E-state index is 12.2. The van der Waals surface area contributed by atoms with Crippen LogP contribution in [-0.2, 0) is 13.1 Å². The van der Waals surface area contributed by atoms with Gasteiger partial charge in [-0.2, -0.15) is 0 Å². The van der Waals surface area contributed by atoms with Gasteiger partial charge in [0.15, 0.2) is 11.5 Å². The van der Waals surface area contributed by atoms with Crippen LogP contribution in [0, 0.1) is 0 Å². The summed E-state index contributed by atoms with van der Waals surface area (Å²) in [5.41, 5.74) is 1.27. The fraction of sp³-hybridized carbons (Fsp3) is 0.522. The Labute approximate surface area is 168 Å². The summed E-state index contributed by atoms with van der Waals surface area (Å²) in [7, 11) is 1.71. The number of methoxy groups -OCH3 is 1. The van der Waals surface area contributed by atoms with Crippen molar-refractivity contribution in [3.05, 3.63) is 53.5 Å². The molecule has 0 spiro atoms. The van der Waals surface area contributed by atoms with Crippen LogP contribution in [0.3, 0.4) is 0 Å². The number of ether oxygens (including phenoxy) is 1. The maximum atomic E-state index is 12.2. The first-order chi connectivity index (χ1) is 13.5. The Hall–Kier alpha value is -2.27. The first-order valence-corrected chi connectivity index (χ1v) is 10.4. The standard InChI is InChI=1S/C23H32N2O3/c1-17(2)24-23(26)22-13-12-21(28-22)16-25(19-9-5-4-6-10-19)15-18-8-7-11-20(14-18)27-3/h7-8,11-14,17,19H,4-6,9-10,15-16H2,1-3H3,(H,24,26)/p+1. The van der Waals surface area contributed by atoms with Gasteiger partial charge in [0.25, 0.3) is 5.91 Å². The normalized spacial score (nSPS) is 16.1. The van der Waals surface area contributed by atoms with Gasteiger partial charge in [0.1, 0.15) is 18.8 Å². The number of nitrogens with one attached hydrogen (secondary N) is 2. The number of rotatable bonds is 8. The Balaban J connectivity index is 1.73. The smallest absolute Gasteiger partial charge is 0.287 e. The molecule has 1 aromatic heterocycles. The van der Waals surface area contributed by atoms with E-state index in [0.29, 0.717) is 11.8 Å². The number of hydrogen-bond acceptors (Lipinski definition) is 3. The minimum atomic E-state index is -0.145. The van der Waals surface area contributed by atoms with Crippen molar-refractivity contribution in [2.45, 2.75) is 71.1 Å². The van der Waals surface area contributed by atoms with Gasteiger partial charge in [0.05, 0.1) is 13.2 Å². The lowest BCUT2D eigenvalue weighted by Crippen LogP contribution is -3.13. The SMILES string of the molecule is COc1cccc(C[NH+](Cc2ccc(C(=O)NC(C)C)o2)C2CCCCC2)c1. The third-order valence-corrected chi connectivity index (χ3v) is 5.45. The Bertz CT molecular complexity index is 763. The summed E-state index contributed by atoms with van der Waals surface area (Å²) in [4.78, 5) is 13.7. The van der Waals surface area contributed by atoms with E-state index < -0.39 is 0 Å². The van der Waals surface area contributed by atoms with Crippen molar-refractivity contribution in [2.75, 3.05) is 7.11 Å². The van der Waals surface area contributed by atoms with E-state index in [1.165, 1.54) is 42.6 Å². The number of carbonyl (C=O) groups excluding carboxylic acids is 1. The van der Waals surface area contributed by atoms with Crippen LogP contribution in [0.5, 0.6) is 5.75 Å². The van der Waals surface area contributed by atoms with Gasteiger partial charge in [-0.15, -0.1) is 0 Å². The zero-order valence-electron chi connectivity index (χ0n) is 17.3. The minimum absolute atomic E-state index is 0.0958. The number of amides is 1. The van der Waals surface area contributed by atoms with Gasteiger partial charge in [-0.3, -0.25) is 4.79 Å². The van der Waals surface area contributed by atoms with Gasteiger partial charge in [-0.25, -0.2) is 0 Å². The molecule has 2 aromatic rings. The summed E-state index contributed by atoms with van der Waals surface area (Å²) in [6.45, 7) is 5.61. The molecule has 2 N–H and O–H groups in total. The Morgan fingerprint density at radius 3 is 2.68 bits per heavy atom. The Morgan fingerprint density at radius 2 is 1.96 bits per heavy atom. The number of carbonyl (C=O) groups is 1. The zero-order chi connectivity index (χ0) is 19.9. The van der Waals surface area contributed by atoms with Gasteiger partial charge in [0.2, 0.25) is 0 Å². The molecule has 0 bridgehead atoms. The van der Waals surface area contributed by atoms with Crippen molar-refractivity contribution >= 4 is 5.91 Å². The molecule has 5 nitrogen and oxygen atoms in total. The van der Waals surface area contributed by atoms with E-state index >= 15 is 0 Å². The van der Waals surface area contributed by atoms with Gasteiger partial charge in [-0.05, 0) is 63.8 Å². The van der Waals surface area contributed by atoms with Crippen molar-refractivity contribution < 1.29 is 18.8 Å².